The van der Waals surface area contributed by atoms with Gasteiger partial charge in [-0.05, 0) is 31.0 Å². The molecule has 0 aliphatic carbocycles. The summed E-state index contributed by atoms with van der Waals surface area (Å²) in [6, 6.07) is 8.70. The van der Waals surface area contributed by atoms with Crippen molar-refractivity contribution in [2.24, 2.45) is 0 Å². The molecule has 2 atom stereocenters. The number of likely N-dealkylation sites (tertiary alicyclic amines) is 1. The maximum atomic E-state index is 5.50. The Morgan fingerprint density at radius 3 is 3.17 bits per heavy atom. The molecule has 2 aliphatic rings. The van der Waals surface area contributed by atoms with Gasteiger partial charge in [-0.1, -0.05) is 18.2 Å². The van der Waals surface area contributed by atoms with Crippen LogP contribution in [-0.2, 0) is 4.74 Å². The third kappa shape index (κ3) is 2.38. The van der Waals surface area contributed by atoms with Crippen LogP contribution in [0.3, 0.4) is 0 Å². The first-order valence-electron chi connectivity index (χ1n) is 6.95. The predicted molar refractivity (Wildman–Crippen MR) is 74.1 cm³/mol. The number of hydrogen-bond acceptors (Lipinski definition) is 3. The van der Waals surface area contributed by atoms with Crippen molar-refractivity contribution in [2.75, 3.05) is 38.6 Å². The van der Waals surface area contributed by atoms with Gasteiger partial charge >= 0.3 is 0 Å². The highest BCUT2D eigenvalue weighted by Gasteiger charge is 2.26. The van der Waals surface area contributed by atoms with Crippen molar-refractivity contribution in [3.63, 3.8) is 0 Å². The Morgan fingerprint density at radius 2 is 2.28 bits per heavy atom. The Morgan fingerprint density at radius 1 is 1.39 bits per heavy atom. The number of benzene rings is 1. The average Bonchev–Trinajstić information content (AvgIpc) is 2.83. The predicted octanol–water partition coefficient (Wildman–Crippen LogP) is 2.31. The summed E-state index contributed by atoms with van der Waals surface area (Å²) in [6.45, 7) is 4.55. The number of para-hydroxylation sites is 1. The van der Waals surface area contributed by atoms with E-state index in [0.717, 1.165) is 19.6 Å². The third-order valence-corrected chi connectivity index (χ3v) is 4.21. The van der Waals surface area contributed by atoms with Gasteiger partial charge in [0.25, 0.3) is 0 Å². The van der Waals surface area contributed by atoms with Crippen LogP contribution in [0, 0.1) is 0 Å². The number of piperidine rings is 1. The van der Waals surface area contributed by atoms with Crippen LogP contribution in [0.1, 0.15) is 24.3 Å². The fourth-order valence-corrected chi connectivity index (χ4v) is 3.20. The summed E-state index contributed by atoms with van der Waals surface area (Å²) in [5.41, 5.74) is 2.81. The highest BCUT2D eigenvalue weighted by Crippen LogP contribution is 2.32. The van der Waals surface area contributed by atoms with E-state index in [4.69, 9.17) is 4.74 Å². The summed E-state index contributed by atoms with van der Waals surface area (Å²) in [5, 5.41) is 3.51. The average molecular weight is 246 g/mol. The topological polar surface area (TPSA) is 24.5 Å². The highest BCUT2D eigenvalue weighted by atomic mass is 16.5. The zero-order valence-corrected chi connectivity index (χ0v) is 11.1. The molecule has 1 fully saturated rings. The molecule has 0 aromatic heterocycles. The van der Waals surface area contributed by atoms with Crippen molar-refractivity contribution in [1.29, 1.82) is 0 Å². The number of anilines is 1. The van der Waals surface area contributed by atoms with Crippen molar-refractivity contribution in [1.82, 2.24) is 4.90 Å². The lowest BCUT2D eigenvalue weighted by Gasteiger charge is -2.33. The standard InChI is InChI=1S/C15H22N2O/c1-18-13-5-4-8-17(11-13)10-12-9-16-15-7-3-2-6-14(12)15/h2-3,6-7,12-13,16H,4-5,8-11H2,1H3. The lowest BCUT2D eigenvalue weighted by Crippen LogP contribution is -2.41. The summed E-state index contributed by atoms with van der Waals surface area (Å²) in [4.78, 5) is 2.56. The Labute approximate surface area is 109 Å². The van der Waals surface area contributed by atoms with Gasteiger partial charge in [-0.15, -0.1) is 0 Å². The van der Waals surface area contributed by atoms with E-state index in [1.165, 1.54) is 30.6 Å². The van der Waals surface area contributed by atoms with Gasteiger partial charge in [-0.3, -0.25) is 0 Å². The van der Waals surface area contributed by atoms with Crippen LogP contribution in [-0.4, -0.2) is 44.3 Å². The van der Waals surface area contributed by atoms with Crippen molar-refractivity contribution in [3.05, 3.63) is 29.8 Å². The molecule has 0 spiro atoms. The van der Waals surface area contributed by atoms with Gasteiger partial charge in [0.2, 0.25) is 0 Å². The smallest absolute Gasteiger partial charge is 0.0698 e. The quantitative estimate of drug-likeness (QED) is 0.885. The van der Waals surface area contributed by atoms with Gasteiger partial charge in [-0.2, -0.15) is 0 Å². The molecule has 98 valence electrons. The number of nitrogens with one attached hydrogen (secondary N) is 1. The van der Waals surface area contributed by atoms with E-state index < -0.39 is 0 Å². The normalized spacial score (nSPS) is 27.8. The second kappa shape index (κ2) is 5.29. The number of nitrogens with zero attached hydrogens (tertiary/aromatic N) is 1. The Balaban J connectivity index is 1.64. The molecular formula is C15H22N2O. The van der Waals surface area contributed by atoms with Crippen LogP contribution in [0.15, 0.2) is 24.3 Å². The fraction of sp³-hybridized carbons (Fsp3) is 0.600. The molecule has 18 heavy (non-hydrogen) atoms. The molecule has 0 radical (unpaired) electrons. The van der Waals surface area contributed by atoms with Crippen molar-refractivity contribution in [2.45, 2.75) is 24.9 Å². The van der Waals surface area contributed by atoms with Gasteiger partial charge in [-0.25, -0.2) is 0 Å². The minimum absolute atomic E-state index is 0.434. The van der Waals surface area contributed by atoms with E-state index in [-0.39, 0.29) is 0 Å². The first-order valence-corrected chi connectivity index (χ1v) is 6.95. The van der Waals surface area contributed by atoms with Gasteiger partial charge in [0, 0.05) is 38.3 Å². The van der Waals surface area contributed by atoms with Gasteiger partial charge in [0.05, 0.1) is 6.10 Å². The van der Waals surface area contributed by atoms with E-state index >= 15 is 0 Å². The molecule has 1 aromatic rings. The molecule has 3 heteroatoms. The maximum absolute atomic E-state index is 5.50. The largest absolute Gasteiger partial charge is 0.384 e. The molecular weight excluding hydrogens is 224 g/mol. The number of methoxy groups -OCH3 is 1. The second-order valence-corrected chi connectivity index (χ2v) is 5.42. The van der Waals surface area contributed by atoms with E-state index in [9.17, 15) is 0 Å². The van der Waals surface area contributed by atoms with Gasteiger partial charge in [0.1, 0.15) is 0 Å². The minimum Gasteiger partial charge on any atom is -0.384 e. The van der Waals surface area contributed by atoms with Crippen molar-refractivity contribution in [3.8, 4) is 0 Å². The molecule has 2 heterocycles. The zero-order valence-electron chi connectivity index (χ0n) is 11.1. The van der Waals surface area contributed by atoms with Crippen LogP contribution in [0.2, 0.25) is 0 Å². The SMILES string of the molecule is COC1CCCN(CC2CNc3ccccc32)C1. The first-order chi connectivity index (χ1) is 8.86. The molecule has 1 aromatic carbocycles. The summed E-state index contributed by atoms with van der Waals surface area (Å²) < 4.78 is 5.50. The monoisotopic (exact) mass is 246 g/mol. The molecule has 3 rings (SSSR count). The van der Waals surface area contributed by atoms with Crippen LogP contribution in [0.5, 0.6) is 0 Å². The van der Waals surface area contributed by atoms with E-state index in [1.54, 1.807) is 0 Å². The minimum atomic E-state index is 0.434. The summed E-state index contributed by atoms with van der Waals surface area (Å²) in [6.07, 6.45) is 2.91. The van der Waals surface area contributed by atoms with Crippen molar-refractivity contribution >= 4 is 5.69 Å². The Bertz CT molecular complexity index is 407. The molecule has 0 bridgehead atoms. The molecule has 1 saturated heterocycles. The molecule has 1 N–H and O–H groups in total. The molecule has 3 nitrogen and oxygen atoms in total. The molecule has 0 saturated carbocycles. The first kappa shape index (κ1) is 12.0. The molecule has 2 aliphatic heterocycles. The van der Waals surface area contributed by atoms with Gasteiger partial charge in [0.15, 0.2) is 0 Å². The number of ether oxygens (including phenoxy) is 1. The summed E-state index contributed by atoms with van der Waals surface area (Å²) >= 11 is 0. The van der Waals surface area contributed by atoms with E-state index in [0.29, 0.717) is 12.0 Å². The van der Waals surface area contributed by atoms with E-state index in [2.05, 4.69) is 34.5 Å². The fourth-order valence-electron chi connectivity index (χ4n) is 3.20. The van der Waals surface area contributed by atoms with Crippen LogP contribution < -0.4 is 5.32 Å². The molecule has 0 amide bonds. The Kier molecular flexibility index (Phi) is 3.52. The summed E-state index contributed by atoms with van der Waals surface area (Å²) in [5.74, 6) is 0.636. The van der Waals surface area contributed by atoms with Crippen LogP contribution >= 0.6 is 0 Å². The number of rotatable bonds is 3. The second-order valence-electron chi connectivity index (χ2n) is 5.42. The maximum Gasteiger partial charge on any atom is 0.0698 e. The van der Waals surface area contributed by atoms with Gasteiger partial charge < -0.3 is 15.0 Å². The van der Waals surface area contributed by atoms with Crippen LogP contribution in [0.4, 0.5) is 5.69 Å². The lowest BCUT2D eigenvalue weighted by molar-refractivity contribution is 0.0298. The highest BCUT2D eigenvalue weighted by molar-refractivity contribution is 5.57. The number of fused-ring (bicyclic) bond motifs is 1. The number of hydrogen-bond donors (Lipinski definition) is 1. The third-order valence-electron chi connectivity index (χ3n) is 4.21. The molecule has 2 unspecified atom stereocenters. The lowest BCUT2D eigenvalue weighted by atomic mass is 9.99. The van der Waals surface area contributed by atoms with E-state index in [1.807, 2.05) is 7.11 Å². The summed E-state index contributed by atoms with van der Waals surface area (Å²) in [7, 11) is 1.83. The van der Waals surface area contributed by atoms with Crippen molar-refractivity contribution < 1.29 is 4.74 Å². The Hall–Kier alpha value is -1.06. The zero-order chi connectivity index (χ0) is 12.4. The van der Waals surface area contributed by atoms with Crippen LogP contribution in [0.25, 0.3) is 0 Å².